The molecule has 1 heterocycles. The molecule has 0 aliphatic carbocycles. The van der Waals surface area contributed by atoms with Crippen molar-refractivity contribution in [1.29, 1.82) is 0 Å². The number of esters is 1. The zero-order chi connectivity index (χ0) is 14.6. The van der Waals surface area contributed by atoms with E-state index in [1.54, 1.807) is 24.8 Å². The third kappa shape index (κ3) is 3.01. The Morgan fingerprint density at radius 2 is 2.11 bits per heavy atom. The molecule has 6 heteroatoms. The van der Waals surface area contributed by atoms with Gasteiger partial charge in [-0.3, -0.25) is 0 Å². The minimum absolute atomic E-state index is 0.152. The van der Waals surface area contributed by atoms with E-state index in [4.69, 9.17) is 0 Å². The summed E-state index contributed by atoms with van der Waals surface area (Å²) < 4.78 is 4.60. The third-order valence-electron chi connectivity index (χ3n) is 2.96. The van der Waals surface area contributed by atoms with E-state index >= 15 is 0 Å². The van der Waals surface area contributed by atoms with Crippen LogP contribution in [0.4, 0.5) is 5.69 Å². The van der Waals surface area contributed by atoms with E-state index in [9.17, 15) is 14.7 Å². The number of methoxy groups -OCH3 is 1. The van der Waals surface area contributed by atoms with Gasteiger partial charge in [0.2, 0.25) is 0 Å². The van der Waals surface area contributed by atoms with Crippen molar-refractivity contribution in [3.8, 4) is 0 Å². The van der Waals surface area contributed by atoms with Crippen LogP contribution in [0.3, 0.4) is 0 Å². The Hall–Kier alpha value is -2.11. The maximum absolute atomic E-state index is 11.4. The van der Waals surface area contributed by atoms with Gasteiger partial charge in [-0.2, -0.15) is 0 Å². The first-order chi connectivity index (χ1) is 8.84. The van der Waals surface area contributed by atoms with Crippen LogP contribution in [0.25, 0.3) is 0 Å². The highest BCUT2D eigenvalue weighted by Gasteiger charge is 2.34. The molecule has 0 saturated heterocycles. The molecular weight excluding hydrogens is 248 g/mol. The lowest BCUT2D eigenvalue weighted by atomic mass is 10.0. The Bertz CT molecular complexity index is 485. The Labute approximate surface area is 112 Å². The minimum atomic E-state index is -1.08. The Morgan fingerprint density at radius 3 is 2.58 bits per heavy atom. The van der Waals surface area contributed by atoms with Crippen LogP contribution in [0.1, 0.15) is 31.3 Å². The average molecular weight is 266 g/mol. The van der Waals surface area contributed by atoms with Crippen LogP contribution >= 0.6 is 0 Å². The molecule has 1 rings (SSSR count). The lowest BCUT2D eigenvalue weighted by molar-refractivity contribution is -0.142. The second-order valence-electron chi connectivity index (χ2n) is 4.50. The molecule has 0 atom stereocenters. The number of hydrogen-bond donors (Lipinski definition) is 1. The number of hydrogen-bond acceptors (Lipinski definition) is 5. The molecule has 1 aromatic rings. The largest absolute Gasteiger partial charge is 0.480 e. The molecule has 0 spiro atoms. The van der Waals surface area contributed by atoms with Gasteiger partial charge < -0.3 is 14.7 Å². The molecule has 0 aromatic carbocycles. The molecule has 104 valence electrons. The number of carbonyl (C=O) groups excluding carboxylic acids is 1. The van der Waals surface area contributed by atoms with Gasteiger partial charge in [-0.15, -0.1) is 0 Å². The number of ether oxygens (including phenoxy) is 1. The summed E-state index contributed by atoms with van der Waals surface area (Å²) in [5.74, 6) is -1.49. The highest BCUT2D eigenvalue weighted by atomic mass is 16.5. The van der Waals surface area contributed by atoms with Crippen molar-refractivity contribution in [3.63, 3.8) is 0 Å². The molecule has 0 saturated carbocycles. The van der Waals surface area contributed by atoms with Gasteiger partial charge in [-0.25, -0.2) is 14.6 Å². The van der Waals surface area contributed by atoms with E-state index in [1.165, 1.54) is 19.4 Å². The SMILES string of the molecule is CCN(c1ccnc(C(=O)OC)c1)C(C)(C)C(=O)O. The number of pyridine rings is 1. The molecule has 0 aliphatic heterocycles. The molecule has 0 fully saturated rings. The lowest BCUT2D eigenvalue weighted by Gasteiger charge is -2.36. The van der Waals surface area contributed by atoms with Crippen molar-refractivity contribution in [1.82, 2.24) is 4.98 Å². The van der Waals surface area contributed by atoms with Crippen LogP contribution < -0.4 is 4.90 Å². The fourth-order valence-electron chi connectivity index (χ4n) is 1.82. The molecule has 0 aliphatic rings. The van der Waals surface area contributed by atoms with Gasteiger partial charge >= 0.3 is 11.9 Å². The van der Waals surface area contributed by atoms with Crippen LogP contribution in [0.15, 0.2) is 18.3 Å². The Balaban J connectivity index is 3.20. The van der Waals surface area contributed by atoms with Gasteiger partial charge in [0.15, 0.2) is 0 Å². The summed E-state index contributed by atoms with van der Waals surface area (Å²) in [6, 6.07) is 3.20. The molecule has 1 aromatic heterocycles. The second-order valence-corrected chi connectivity index (χ2v) is 4.50. The first kappa shape index (κ1) is 14.9. The molecular formula is C13H18N2O4. The summed E-state index contributed by atoms with van der Waals surface area (Å²) in [5, 5.41) is 9.28. The van der Waals surface area contributed by atoms with Gasteiger partial charge in [0.1, 0.15) is 11.2 Å². The Kier molecular flexibility index (Phi) is 4.47. The number of rotatable bonds is 5. The van der Waals surface area contributed by atoms with Crippen molar-refractivity contribution >= 4 is 17.6 Å². The molecule has 0 unspecified atom stereocenters. The standard InChI is InChI=1S/C13H18N2O4/c1-5-15(13(2,3)12(17)18)9-6-7-14-10(8-9)11(16)19-4/h6-8H,5H2,1-4H3,(H,17,18). The highest BCUT2D eigenvalue weighted by molar-refractivity contribution is 5.89. The fourth-order valence-corrected chi connectivity index (χ4v) is 1.82. The van der Waals surface area contributed by atoms with Crippen molar-refractivity contribution < 1.29 is 19.4 Å². The third-order valence-corrected chi connectivity index (χ3v) is 2.96. The van der Waals surface area contributed by atoms with E-state index in [-0.39, 0.29) is 5.69 Å². The van der Waals surface area contributed by atoms with E-state index < -0.39 is 17.5 Å². The molecule has 0 bridgehead atoms. The molecule has 6 nitrogen and oxygen atoms in total. The summed E-state index contributed by atoms with van der Waals surface area (Å²) in [4.78, 5) is 28.4. The molecule has 0 amide bonds. The monoisotopic (exact) mass is 266 g/mol. The average Bonchev–Trinajstić information content (AvgIpc) is 2.38. The fraction of sp³-hybridized carbons (Fsp3) is 0.462. The summed E-state index contributed by atoms with van der Waals surface area (Å²) in [6.45, 7) is 5.56. The summed E-state index contributed by atoms with van der Waals surface area (Å²) in [7, 11) is 1.27. The smallest absolute Gasteiger partial charge is 0.356 e. The van der Waals surface area contributed by atoms with Gasteiger partial charge in [0.05, 0.1) is 7.11 Å². The van der Waals surface area contributed by atoms with Crippen molar-refractivity contribution in [2.75, 3.05) is 18.6 Å². The summed E-state index contributed by atoms with van der Waals surface area (Å²) >= 11 is 0. The quantitative estimate of drug-likeness (QED) is 0.815. The van der Waals surface area contributed by atoms with Gasteiger partial charge in [-0.1, -0.05) is 0 Å². The maximum atomic E-state index is 11.4. The first-order valence-electron chi connectivity index (χ1n) is 5.90. The number of carbonyl (C=O) groups is 2. The van der Waals surface area contributed by atoms with Crippen molar-refractivity contribution in [2.45, 2.75) is 26.3 Å². The normalized spacial score (nSPS) is 10.9. The maximum Gasteiger partial charge on any atom is 0.356 e. The topological polar surface area (TPSA) is 79.7 Å². The summed E-state index contributed by atoms with van der Waals surface area (Å²) in [6.07, 6.45) is 1.46. The molecule has 0 radical (unpaired) electrons. The second kappa shape index (κ2) is 5.69. The van der Waals surface area contributed by atoms with Crippen LogP contribution in [0.5, 0.6) is 0 Å². The molecule has 1 N–H and O–H groups in total. The number of nitrogens with zero attached hydrogens (tertiary/aromatic N) is 2. The van der Waals surface area contributed by atoms with Gasteiger partial charge in [0.25, 0.3) is 0 Å². The Morgan fingerprint density at radius 1 is 1.47 bits per heavy atom. The predicted molar refractivity (Wildman–Crippen MR) is 70.3 cm³/mol. The van der Waals surface area contributed by atoms with Crippen LogP contribution in [0, 0.1) is 0 Å². The predicted octanol–water partition coefficient (Wildman–Crippen LogP) is 1.56. The number of likely N-dealkylation sites (N-methyl/N-ethyl adjacent to an activating group) is 1. The van der Waals surface area contributed by atoms with Crippen LogP contribution in [-0.2, 0) is 9.53 Å². The summed E-state index contributed by atoms with van der Waals surface area (Å²) in [5.41, 5.74) is -0.311. The van der Waals surface area contributed by atoms with E-state index in [0.29, 0.717) is 12.2 Å². The molecule has 19 heavy (non-hydrogen) atoms. The number of aromatic nitrogens is 1. The van der Waals surface area contributed by atoms with Crippen molar-refractivity contribution in [3.05, 3.63) is 24.0 Å². The van der Waals surface area contributed by atoms with E-state index in [1.807, 2.05) is 6.92 Å². The zero-order valence-corrected chi connectivity index (χ0v) is 11.5. The van der Waals surface area contributed by atoms with Gasteiger partial charge in [-0.05, 0) is 32.9 Å². The lowest BCUT2D eigenvalue weighted by Crippen LogP contribution is -2.50. The van der Waals surface area contributed by atoms with E-state index in [0.717, 1.165) is 0 Å². The minimum Gasteiger partial charge on any atom is -0.480 e. The number of aliphatic carboxylic acids is 1. The van der Waals surface area contributed by atoms with Gasteiger partial charge in [0, 0.05) is 18.4 Å². The first-order valence-corrected chi connectivity index (χ1v) is 5.90. The van der Waals surface area contributed by atoms with Crippen molar-refractivity contribution in [2.24, 2.45) is 0 Å². The van der Waals surface area contributed by atoms with Crippen LogP contribution in [-0.4, -0.2) is 41.2 Å². The number of carboxylic acids is 1. The number of anilines is 1. The highest BCUT2D eigenvalue weighted by Crippen LogP contribution is 2.24. The van der Waals surface area contributed by atoms with Crippen LogP contribution in [0.2, 0.25) is 0 Å². The zero-order valence-electron chi connectivity index (χ0n) is 11.5. The number of carboxylic acid groups (broad SMARTS) is 1. The van der Waals surface area contributed by atoms with E-state index in [2.05, 4.69) is 9.72 Å².